The van der Waals surface area contributed by atoms with E-state index in [9.17, 15) is 9.59 Å². The van der Waals surface area contributed by atoms with Crippen molar-refractivity contribution >= 4 is 23.5 Å². The molecule has 1 unspecified atom stereocenters. The number of hydrogen-bond acceptors (Lipinski definition) is 9. The average molecular weight is 520 g/mol. The number of rotatable bonds is 7. The van der Waals surface area contributed by atoms with Crippen LogP contribution in [0.2, 0.25) is 0 Å². The summed E-state index contributed by atoms with van der Waals surface area (Å²) in [5.41, 5.74) is 3.54. The van der Waals surface area contributed by atoms with Crippen LogP contribution >= 0.6 is 0 Å². The van der Waals surface area contributed by atoms with Crippen LogP contribution in [-0.2, 0) is 14.3 Å². The number of tetrazole rings is 1. The number of methoxy groups -OCH3 is 1. The van der Waals surface area contributed by atoms with Crippen molar-refractivity contribution in [2.75, 3.05) is 50.7 Å². The molecule has 1 saturated heterocycles. The Morgan fingerprint density at radius 1 is 1.11 bits per heavy atom. The minimum Gasteiger partial charge on any atom is -0.493 e. The smallest absolute Gasteiger partial charge is 0.260 e. The predicted octanol–water partition coefficient (Wildman–Crippen LogP) is 2.16. The quantitative estimate of drug-likeness (QED) is 0.482. The highest BCUT2D eigenvalue weighted by Gasteiger charge is 2.34. The van der Waals surface area contributed by atoms with E-state index in [-0.39, 0.29) is 18.4 Å². The number of ether oxygens (including phenoxy) is 3. The first-order chi connectivity index (χ1) is 18.4. The molecule has 3 heterocycles. The van der Waals surface area contributed by atoms with Gasteiger partial charge in [-0.2, -0.15) is 4.68 Å². The van der Waals surface area contributed by atoms with Crippen molar-refractivity contribution < 1.29 is 23.8 Å². The summed E-state index contributed by atoms with van der Waals surface area (Å²) in [6, 6.07) is 12.2. The highest BCUT2D eigenvalue weighted by Crippen LogP contribution is 2.38. The van der Waals surface area contributed by atoms with Crippen LogP contribution in [0.5, 0.6) is 11.5 Å². The number of aromatic nitrogens is 4. The van der Waals surface area contributed by atoms with Gasteiger partial charge < -0.3 is 29.7 Å². The molecular formula is C26H29N7O5. The molecule has 5 rings (SSSR count). The van der Waals surface area contributed by atoms with Gasteiger partial charge in [0.05, 0.1) is 25.9 Å². The molecule has 12 nitrogen and oxygen atoms in total. The monoisotopic (exact) mass is 519 g/mol. The van der Waals surface area contributed by atoms with E-state index in [0.717, 1.165) is 5.56 Å². The summed E-state index contributed by atoms with van der Waals surface area (Å²) >= 11 is 0. The number of carbonyl (C=O) groups is 2. The van der Waals surface area contributed by atoms with Gasteiger partial charge in [-0.1, -0.05) is 28.9 Å². The molecule has 2 aliphatic heterocycles. The van der Waals surface area contributed by atoms with Crippen LogP contribution in [0.25, 0.3) is 0 Å². The van der Waals surface area contributed by atoms with Crippen LogP contribution in [0, 0.1) is 6.92 Å². The third-order valence-electron chi connectivity index (χ3n) is 6.49. The van der Waals surface area contributed by atoms with Crippen LogP contribution in [0.1, 0.15) is 24.1 Å². The molecule has 2 N–H and O–H groups in total. The molecular weight excluding hydrogens is 490 g/mol. The maximum Gasteiger partial charge on any atom is 0.260 e. The van der Waals surface area contributed by atoms with E-state index in [1.165, 1.54) is 7.11 Å². The predicted molar refractivity (Wildman–Crippen MR) is 138 cm³/mol. The second-order valence-electron chi connectivity index (χ2n) is 9.03. The normalized spacial score (nSPS) is 16.9. The SMILES string of the molecule is COc1cc(C2C(C(=O)Nc3ccc(C)cc3)=C(C)Nc3nnnn32)ccc1OCC(=O)N1CCOCC1. The number of hydrogen-bond donors (Lipinski definition) is 2. The number of anilines is 2. The number of aryl methyl sites for hydroxylation is 1. The van der Waals surface area contributed by atoms with Crippen molar-refractivity contribution in [3.63, 3.8) is 0 Å². The van der Waals surface area contributed by atoms with Crippen LogP contribution in [0.3, 0.4) is 0 Å². The fourth-order valence-corrected chi connectivity index (χ4v) is 4.47. The molecule has 3 aromatic rings. The average Bonchev–Trinajstić information content (AvgIpc) is 3.40. The Morgan fingerprint density at radius 3 is 2.61 bits per heavy atom. The van der Waals surface area contributed by atoms with Gasteiger partial charge in [-0.05, 0) is 54.1 Å². The van der Waals surface area contributed by atoms with Gasteiger partial charge in [0, 0.05) is 24.5 Å². The lowest BCUT2D eigenvalue weighted by Crippen LogP contribution is -2.43. The molecule has 2 aliphatic rings. The third-order valence-corrected chi connectivity index (χ3v) is 6.49. The van der Waals surface area contributed by atoms with Crippen molar-refractivity contribution in [1.29, 1.82) is 0 Å². The Kier molecular flexibility index (Phi) is 7.22. The largest absolute Gasteiger partial charge is 0.493 e. The number of morpholine rings is 1. The first-order valence-electron chi connectivity index (χ1n) is 12.2. The van der Waals surface area contributed by atoms with Gasteiger partial charge in [0.25, 0.3) is 11.8 Å². The molecule has 198 valence electrons. The molecule has 2 amide bonds. The van der Waals surface area contributed by atoms with Gasteiger partial charge in [-0.15, -0.1) is 0 Å². The second-order valence-corrected chi connectivity index (χ2v) is 9.03. The molecule has 2 aromatic carbocycles. The number of benzene rings is 2. The molecule has 0 saturated carbocycles. The number of fused-ring (bicyclic) bond motifs is 1. The van der Waals surface area contributed by atoms with Crippen LogP contribution in [0.4, 0.5) is 11.6 Å². The van der Waals surface area contributed by atoms with Crippen molar-refractivity contribution in [2.45, 2.75) is 19.9 Å². The number of amides is 2. The Labute approximate surface area is 219 Å². The zero-order chi connectivity index (χ0) is 26.6. The van der Waals surface area contributed by atoms with Gasteiger partial charge in [0.2, 0.25) is 5.95 Å². The van der Waals surface area contributed by atoms with E-state index in [4.69, 9.17) is 14.2 Å². The first-order valence-corrected chi connectivity index (χ1v) is 12.2. The van der Waals surface area contributed by atoms with Crippen molar-refractivity contribution in [3.8, 4) is 11.5 Å². The number of nitrogens with zero attached hydrogens (tertiary/aromatic N) is 5. The topological polar surface area (TPSA) is 133 Å². The Morgan fingerprint density at radius 2 is 1.87 bits per heavy atom. The summed E-state index contributed by atoms with van der Waals surface area (Å²) in [7, 11) is 1.52. The molecule has 0 spiro atoms. The summed E-state index contributed by atoms with van der Waals surface area (Å²) in [6.07, 6.45) is 0. The first kappa shape index (κ1) is 25.2. The Bertz CT molecular complexity index is 1360. The van der Waals surface area contributed by atoms with Crippen molar-refractivity contribution in [1.82, 2.24) is 25.1 Å². The van der Waals surface area contributed by atoms with Crippen LogP contribution in [-0.4, -0.2) is 76.9 Å². The van der Waals surface area contributed by atoms with Gasteiger partial charge in [-0.25, -0.2) is 0 Å². The second kappa shape index (κ2) is 10.9. The molecule has 1 atom stereocenters. The van der Waals surface area contributed by atoms with Crippen molar-refractivity contribution in [2.24, 2.45) is 0 Å². The fraction of sp³-hybridized carbons (Fsp3) is 0.346. The van der Waals surface area contributed by atoms with Gasteiger partial charge in [0.1, 0.15) is 6.04 Å². The summed E-state index contributed by atoms with van der Waals surface area (Å²) < 4.78 is 18.3. The zero-order valence-electron chi connectivity index (χ0n) is 21.4. The van der Waals surface area contributed by atoms with E-state index in [2.05, 4.69) is 26.2 Å². The van der Waals surface area contributed by atoms with E-state index in [1.54, 1.807) is 28.6 Å². The Balaban J connectivity index is 1.41. The lowest BCUT2D eigenvalue weighted by Gasteiger charge is -2.28. The van der Waals surface area contributed by atoms with Crippen molar-refractivity contribution in [3.05, 3.63) is 64.9 Å². The fourth-order valence-electron chi connectivity index (χ4n) is 4.47. The van der Waals surface area contributed by atoms with E-state index in [0.29, 0.717) is 66.3 Å². The number of nitrogens with one attached hydrogen (secondary N) is 2. The molecule has 1 fully saturated rings. The van der Waals surface area contributed by atoms with Crippen LogP contribution in [0.15, 0.2) is 53.7 Å². The highest BCUT2D eigenvalue weighted by molar-refractivity contribution is 6.06. The molecule has 38 heavy (non-hydrogen) atoms. The molecule has 12 heteroatoms. The van der Waals surface area contributed by atoms with Crippen LogP contribution < -0.4 is 20.1 Å². The lowest BCUT2D eigenvalue weighted by atomic mass is 9.94. The minimum atomic E-state index is -0.635. The third kappa shape index (κ3) is 5.16. The standard InChI is InChI=1S/C26H29N7O5/c1-16-4-7-19(8-5-16)28-25(35)23-17(2)27-26-29-30-31-33(26)24(23)18-6-9-20(21(14-18)36-3)38-15-22(34)32-10-12-37-13-11-32/h4-9,14,24H,10-13,15H2,1-3H3,(H,28,35)(H,27,29,31). The highest BCUT2D eigenvalue weighted by atomic mass is 16.5. The minimum absolute atomic E-state index is 0.121. The van der Waals surface area contributed by atoms with E-state index >= 15 is 0 Å². The van der Waals surface area contributed by atoms with E-state index < -0.39 is 6.04 Å². The summed E-state index contributed by atoms with van der Waals surface area (Å²) in [5, 5.41) is 18.0. The molecule has 0 aliphatic carbocycles. The zero-order valence-corrected chi connectivity index (χ0v) is 21.4. The van der Waals surface area contributed by atoms with Gasteiger partial charge in [0.15, 0.2) is 18.1 Å². The lowest BCUT2D eigenvalue weighted by molar-refractivity contribution is -0.137. The van der Waals surface area contributed by atoms with E-state index in [1.807, 2.05) is 37.3 Å². The maximum absolute atomic E-state index is 13.5. The molecule has 1 aromatic heterocycles. The summed E-state index contributed by atoms with van der Waals surface area (Å²) in [4.78, 5) is 27.8. The number of carbonyl (C=O) groups excluding carboxylic acids is 2. The molecule has 0 bridgehead atoms. The van der Waals surface area contributed by atoms with Gasteiger partial charge >= 0.3 is 0 Å². The maximum atomic E-state index is 13.5. The number of allylic oxidation sites excluding steroid dienone is 1. The van der Waals surface area contributed by atoms with Gasteiger partial charge in [-0.3, -0.25) is 9.59 Å². The summed E-state index contributed by atoms with van der Waals surface area (Å²) in [6.45, 7) is 5.79. The Hall–Kier alpha value is -4.45. The summed E-state index contributed by atoms with van der Waals surface area (Å²) in [5.74, 6) is 0.830. The molecule has 0 radical (unpaired) electrons.